The van der Waals surface area contributed by atoms with Crippen LogP contribution in [0.4, 0.5) is 0 Å². The average Bonchev–Trinajstić information content (AvgIpc) is 2.47. The maximum atomic E-state index is 11.6. The molecule has 0 radical (unpaired) electrons. The Hall–Kier alpha value is -2.56. The number of aliphatic carboxylic acids is 2. The van der Waals surface area contributed by atoms with E-state index in [1.54, 1.807) is 13.8 Å². The van der Waals surface area contributed by atoms with Gasteiger partial charge in [-0.05, 0) is 38.7 Å². The summed E-state index contributed by atoms with van der Waals surface area (Å²) >= 11 is 0. The van der Waals surface area contributed by atoms with E-state index in [1.165, 1.54) is 0 Å². The van der Waals surface area contributed by atoms with Crippen LogP contribution in [0.5, 0.6) is 0 Å². The summed E-state index contributed by atoms with van der Waals surface area (Å²) in [5.74, 6) is -2.72. The van der Waals surface area contributed by atoms with Crippen LogP contribution in [0.2, 0.25) is 0 Å². The molecule has 0 amide bonds. The van der Waals surface area contributed by atoms with Crippen LogP contribution in [0.25, 0.3) is 0 Å². The standard InChI is InChI=1S/C18H21NO4/c1-11-15(17(20)21)14(16(18(22)23)12(2)19-11)10-6-9-13-7-4-3-5-8-13/h3-5,7-8,14,19H,6,9-10H2,1-2H3,(H,20,21)(H,22,23). The second kappa shape index (κ2) is 7.13. The Kier molecular flexibility index (Phi) is 5.21. The van der Waals surface area contributed by atoms with Gasteiger partial charge >= 0.3 is 11.9 Å². The van der Waals surface area contributed by atoms with Crippen LogP contribution in [0, 0.1) is 5.92 Å². The third-order valence-electron chi connectivity index (χ3n) is 4.14. The number of carboxylic acids is 2. The van der Waals surface area contributed by atoms with E-state index in [9.17, 15) is 19.8 Å². The van der Waals surface area contributed by atoms with Gasteiger partial charge in [0.2, 0.25) is 0 Å². The minimum Gasteiger partial charge on any atom is -0.478 e. The van der Waals surface area contributed by atoms with E-state index >= 15 is 0 Å². The molecule has 23 heavy (non-hydrogen) atoms. The van der Waals surface area contributed by atoms with Crippen LogP contribution in [0.3, 0.4) is 0 Å². The number of carbonyl (C=O) groups is 2. The van der Waals surface area contributed by atoms with E-state index in [0.717, 1.165) is 18.4 Å². The Labute approximate surface area is 135 Å². The van der Waals surface area contributed by atoms with Crippen LogP contribution in [0.1, 0.15) is 32.3 Å². The molecule has 1 aliphatic heterocycles. The molecule has 2 rings (SSSR count). The van der Waals surface area contributed by atoms with Crippen molar-refractivity contribution < 1.29 is 19.8 Å². The molecule has 0 saturated heterocycles. The van der Waals surface area contributed by atoms with Crippen molar-refractivity contribution in [2.75, 3.05) is 0 Å². The maximum Gasteiger partial charge on any atom is 0.333 e. The number of rotatable bonds is 6. The molecule has 5 nitrogen and oxygen atoms in total. The lowest BCUT2D eigenvalue weighted by atomic mass is 9.82. The number of dihydropyridines is 1. The van der Waals surface area contributed by atoms with Gasteiger partial charge in [-0.1, -0.05) is 30.3 Å². The molecule has 122 valence electrons. The molecule has 0 aromatic heterocycles. The van der Waals surface area contributed by atoms with Gasteiger partial charge in [-0.15, -0.1) is 0 Å². The van der Waals surface area contributed by atoms with Gasteiger partial charge in [0.05, 0.1) is 11.1 Å². The number of allylic oxidation sites excluding steroid dienone is 2. The molecule has 1 heterocycles. The third-order valence-corrected chi connectivity index (χ3v) is 4.14. The number of carboxylic acid groups (broad SMARTS) is 2. The van der Waals surface area contributed by atoms with E-state index in [1.807, 2.05) is 30.3 Å². The number of hydrogen-bond donors (Lipinski definition) is 3. The molecule has 1 aliphatic rings. The molecular weight excluding hydrogens is 294 g/mol. The summed E-state index contributed by atoms with van der Waals surface area (Å²) in [6, 6.07) is 9.89. The summed E-state index contributed by atoms with van der Waals surface area (Å²) in [5.41, 5.74) is 2.51. The second-order valence-corrected chi connectivity index (χ2v) is 5.74. The number of nitrogens with one attached hydrogen (secondary N) is 1. The zero-order chi connectivity index (χ0) is 17.0. The van der Waals surface area contributed by atoms with Gasteiger partial charge in [0.15, 0.2) is 0 Å². The molecule has 1 aromatic rings. The molecule has 0 atom stereocenters. The van der Waals surface area contributed by atoms with Gasteiger partial charge in [0.25, 0.3) is 0 Å². The minimum atomic E-state index is -1.06. The summed E-state index contributed by atoms with van der Waals surface area (Å²) in [6.07, 6.45) is 2.01. The zero-order valence-corrected chi connectivity index (χ0v) is 13.3. The molecule has 1 aromatic carbocycles. The van der Waals surface area contributed by atoms with Crippen molar-refractivity contribution in [1.29, 1.82) is 0 Å². The molecule has 0 unspecified atom stereocenters. The monoisotopic (exact) mass is 315 g/mol. The Morgan fingerprint density at radius 3 is 2.00 bits per heavy atom. The molecule has 0 saturated carbocycles. The quantitative estimate of drug-likeness (QED) is 0.751. The highest BCUT2D eigenvalue weighted by Gasteiger charge is 2.34. The first kappa shape index (κ1) is 16.8. The Morgan fingerprint density at radius 1 is 1.00 bits per heavy atom. The minimum absolute atomic E-state index is 0.154. The molecule has 0 spiro atoms. The van der Waals surface area contributed by atoms with E-state index < -0.39 is 17.9 Å². The van der Waals surface area contributed by atoms with Crippen LogP contribution in [-0.2, 0) is 16.0 Å². The van der Waals surface area contributed by atoms with Crippen molar-refractivity contribution in [3.05, 3.63) is 58.4 Å². The lowest BCUT2D eigenvalue weighted by Crippen LogP contribution is -2.32. The lowest BCUT2D eigenvalue weighted by molar-refractivity contribution is -0.134. The van der Waals surface area contributed by atoms with Crippen LogP contribution in [-0.4, -0.2) is 22.2 Å². The highest BCUT2D eigenvalue weighted by atomic mass is 16.4. The number of benzene rings is 1. The topological polar surface area (TPSA) is 86.6 Å². The molecule has 0 aliphatic carbocycles. The summed E-state index contributed by atoms with van der Waals surface area (Å²) in [7, 11) is 0. The largest absolute Gasteiger partial charge is 0.478 e. The third kappa shape index (κ3) is 3.80. The SMILES string of the molecule is CC1=C(C(=O)O)C(CCCc2ccccc2)C(C(=O)O)=C(C)N1. The van der Waals surface area contributed by atoms with Gasteiger partial charge in [0, 0.05) is 17.3 Å². The number of aryl methyl sites for hydroxylation is 1. The Morgan fingerprint density at radius 2 is 1.52 bits per heavy atom. The van der Waals surface area contributed by atoms with Crippen molar-refractivity contribution in [3.8, 4) is 0 Å². The zero-order valence-electron chi connectivity index (χ0n) is 13.3. The highest BCUT2D eigenvalue weighted by Crippen LogP contribution is 2.33. The summed E-state index contributed by atoms with van der Waals surface area (Å²) < 4.78 is 0. The van der Waals surface area contributed by atoms with E-state index in [-0.39, 0.29) is 11.1 Å². The molecule has 3 N–H and O–H groups in total. The lowest BCUT2D eigenvalue weighted by Gasteiger charge is -2.28. The molecule has 0 fully saturated rings. The predicted molar refractivity (Wildman–Crippen MR) is 86.7 cm³/mol. The Balaban J connectivity index is 2.20. The fraction of sp³-hybridized carbons (Fsp3) is 0.333. The van der Waals surface area contributed by atoms with E-state index in [2.05, 4.69) is 5.32 Å². The van der Waals surface area contributed by atoms with Gasteiger partial charge in [-0.25, -0.2) is 9.59 Å². The van der Waals surface area contributed by atoms with Gasteiger partial charge in [-0.3, -0.25) is 0 Å². The first-order valence-corrected chi connectivity index (χ1v) is 7.61. The first-order chi connectivity index (χ1) is 10.9. The highest BCUT2D eigenvalue weighted by molar-refractivity contribution is 5.96. The van der Waals surface area contributed by atoms with Crippen LogP contribution >= 0.6 is 0 Å². The molecule has 0 bridgehead atoms. The van der Waals surface area contributed by atoms with Crippen molar-refractivity contribution >= 4 is 11.9 Å². The summed E-state index contributed by atoms with van der Waals surface area (Å²) in [6.45, 7) is 3.35. The van der Waals surface area contributed by atoms with Crippen molar-refractivity contribution in [2.24, 2.45) is 5.92 Å². The normalized spacial score (nSPS) is 15.6. The van der Waals surface area contributed by atoms with Gasteiger partial charge < -0.3 is 15.5 Å². The molecular formula is C18H21NO4. The summed E-state index contributed by atoms with van der Waals surface area (Å²) in [4.78, 5) is 23.1. The van der Waals surface area contributed by atoms with Crippen LogP contribution in [0.15, 0.2) is 52.9 Å². The van der Waals surface area contributed by atoms with Gasteiger partial charge in [-0.2, -0.15) is 0 Å². The van der Waals surface area contributed by atoms with E-state index in [4.69, 9.17) is 0 Å². The molecule has 5 heteroatoms. The fourth-order valence-electron chi connectivity index (χ4n) is 3.15. The van der Waals surface area contributed by atoms with Crippen molar-refractivity contribution in [3.63, 3.8) is 0 Å². The maximum absolute atomic E-state index is 11.6. The van der Waals surface area contributed by atoms with Crippen molar-refractivity contribution in [1.82, 2.24) is 5.32 Å². The van der Waals surface area contributed by atoms with Crippen LogP contribution < -0.4 is 5.32 Å². The van der Waals surface area contributed by atoms with Gasteiger partial charge in [0.1, 0.15) is 0 Å². The van der Waals surface area contributed by atoms with Crippen molar-refractivity contribution in [2.45, 2.75) is 33.1 Å². The Bertz CT molecular complexity index is 638. The predicted octanol–water partition coefficient (Wildman–Crippen LogP) is 2.95. The first-order valence-electron chi connectivity index (χ1n) is 7.61. The fourth-order valence-corrected chi connectivity index (χ4v) is 3.15. The average molecular weight is 315 g/mol. The smallest absolute Gasteiger partial charge is 0.333 e. The number of hydrogen-bond acceptors (Lipinski definition) is 3. The second-order valence-electron chi connectivity index (χ2n) is 5.74. The van der Waals surface area contributed by atoms with E-state index in [0.29, 0.717) is 17.8 Å². The summed E-state index contributed by atoms with van der Waals surface area (Å²) in [5, 5.41) is 21.8.